The van der Waals surface area contributed by atoms with Crippen LogP contribution in [0.1, 0.15) is 13.3 Å². The maximum absolute atomic E-state index is 12.4. The van der Waals surface area contributed by atoms with Crippen molar-refractivity contribution in [3.8, 4) is 0 Å². The van der Waals surface area contributed by atoms with Gasteiger partial charge in [0.15, 0.2) is 5.03 Å². The molecule has 0 amide bonds. The summed E-state index contributed by atoms with van der Waals surface area (Å²) in [6.07, 6.45) is 2.61. The smallest absolute Gasteiger partial charge is 0.262 e. The number of anilines is 1. The van der Waals surface area contributed by atoms with Crippen molar-refractivity contribution in [1.29, 1.82) is 0 Å². The summed E-state index contributed by atoms with van der Waals surface area (Å²) >= 11 is 0. The fourth-order valence-electron chi connectivity index (χ4n) is 2.02. The minimum Gasteiger partial charge on any atom is -0.386 e. The molecule has 0 aliphatic heterocycles. The molecule has 1 aromatic rings. The third-order valence-electron chi connectivity index (χ3n) is 3.46. The largest absolute Gasteiger partial charge is 0.386 e. The van der Waals surface area contributed by atoms with Gasteiger partial charge >= 0.3 is 0 Å². The highest BCUT2D eigenvalue weighted by atomic mass is 32.2. The number of rotatable bonds is 5. The summed E-state index contributed by atoms with van der Waals surface area (Å²) in [5, 5.41) is 2.97. The van der Waals surface area contributed by atoms with E-state index in [0.29, 0.717) is 24.1 Å². The van der Waals surface area contributed by atoms with E-state index < -0.39 is 10.0 Å². The van der Waals surface area contributed by atoms with Crippen LogP contribution in [0.4, 0.5) is 5.69 Å². The van der Waals surface area contributed by atoms with Crippen molar-refractivity contribution in [2.45, 2.75) is 18.4 Å². The minimum absolute atomic E-state index is 0.100. The second-order valence-corrected chi connectivity index (χ2v) is 6.82. The predicted octanol–water partition coefficient (Wildman–Crippen LogP) is 1.40. The van der Waals surface area contributed by atoms with Gasteiger partial charge in [0, 0.05) is 26.8 Å². The topological polar surface area (TPSA) is 62.3 Å². The first-order chi connectivity index (χ1) is 8.46. The Kier molecular flexibility index (Phi) is 3.59. The summed E-state index contributed by atoms with van der Waals surface area (Å²) in [7, 11) is -0.188. The van der Waals surface area contributed by atoms with Gasteiger partial charge in [0.05, 0.1) is 5.69 Å². The molecule has 5 nitrogen and oxygen atoms in total. The molecule has 0 aromatic carbocycles. The van der Waals surface area contributed by atoms with Gasteiger partial charge < -0.3 is 5.32 Å². The number of sulfonamides is 1. The van der Waals surface area contributed by atoms with Crippen molar-refractivity contribution in [2.24, 2.45) is 11.8 Å². The molecule has 1 saturated carbocycles. The average Bonchev–Trinajstić information content (AvgIpc) is 3.04. The molecule has 1 aliphatic rings. The summed E-state index contributed by atoms with van der Waals surface area (Å²) in [6, 6.07) is 3.43. The van der Waals surface area contributed by atoms with E-state index in [0.717, 1.165) is 6.42 Å². The molecule has 1 aromatic heterocycles. The molecule has 2 rings (SSSR count). The number of hydrogen-bond donors (Lipinski definition) is 1. The van der Waals surface area contributed by atoms with Crippen molar-refractivity contribution in [3.05, 3.63) is 18.3 Å². The standard InChI is InChI=1S/C12H19N3O2S/c1-9-7-10(9)8-15(3)18(16,17)12-11(13-2)5-4-6-14-12/h4-6,9-10,13H,7-8H2,1-3H3. The van der Waals surface area contributed by atoms with Crippen LogP contribution in [-0.4, -0.2) is 38.3 Å². The van der Waals surface area contributed by atoms with Crippen LogP contribution in [0.25, 0.3) is 0 Å². The van der Waals surface area contributed by atoms with E-state index in [1.807, 2.05) is 0 Å². The van der Waals surface area contributed by atoms with Gasteiger partial charge in [-0.1, -0.05) is 6.92 Å². The van der Waals surface area contributed by atoms with Crippen LogP contribution in [0.15, 0.2) is 23.4 Å². The average molecular weight is 269 g/mol. The highest BCUT2D eigenvalue weighted by Gasteiger charge is 2.36. The summed E-state index contributed by atoms with van der Waals surface area (Å²) in [6.45, 7) is 2.72. The molecule has 1 aliphatic carbocycles. The van der Waals surface area contributed by atoms with Crippen LogP contribution in [0.5, 0.6) is 0 Å². The van der Waals surface area contributed by atoms with Crippen LogP contribution >= 0.6 is 0 Å². The Morgan fingerprint density at radius 1 is 1.56 bits per heavy atom. The molecular formula is C12H19N3O2S. The van der Waals surface area contributed by atoms with Crippen LogP contribution in [0.3, 0.4) is 0 Å². The molecule has 2 unspecified atom stereocenters. The first kappa shape index (κ1) is 13.3. The number of nitrogens with zero attached hydrogens (tertiary/aromatic N) is 2. The minimum atomic E-state index is -3.50. The summed E-state index contributed by atoms with van der Waals surface area (Å²) in [5.74, 6) is 1.13. The monoisotopic (exact) mass is 269 g/mol. The maximum atomic E-state index is 12.4. The molecular weight excluding hydrogens is 250 g/mol. The van der Waals surface area contributed by atoms with E-state index in [-0.39, 0.29) is 5.03 Å². The van der Waals surface area contributed by atoms with Gasteiger partial charge in [-0.3, -0.25) is 0 Å². The second-order valence-electron chi connectivity index (χ2n) is 4.86. The van der Waals surface area contributed by atoms with Crippen molar-refractivity contribution in [3.63, 3.8) is 0 Å². The Balaban J connectivity index is 2.24. The number of hydrogen-bond acceptors (Lipinski definition) is 4. The molecule has 100 valence electrons. The Morgan fingerprint density at radius 3 is 2.78 bits per heavy atom. The molecule has 2 atom stereocenters. The molecule has 0 radical (unpaired) electrons. The number of pyridine rings is 1. The van der Waals surface area contributed by atoms with Gasteiger partial charge in [0.1, 0.15) is 0 Å². The molecule has 0 bridgehead atoms. The first-order valence-corrected chi connectivity index (χ1v) is 7.50. The lowest BCUT2D eigenvalue weighted by Crippen LogP contribution is -2.30. The zero-order chi connectivity index (χ0) is 13.3. The van der Waals surface area contributed by atoms with Crippen LogP contribution in [0, 0.1) is 11.8 Å². The molecule has 1 fully saturated rings. The van der Waals surface area contributed by atoms with Crippen LogP contribution < -0.4 is 5.32 Å². The Labute approximate surface area is 108 Å². The van der Waals surface area contributed by atoms with E-state index in [1.54, 1.807) is 26.2 Å². The maximum Gasteiger partial charge on any atom is 0.262 e. The molecule has 0 saturated heterocycles. The fourth-order valence-corrected chi connectivity index (χ4v) is 3.34. The highest BCUT2D eigenvalue weighted by Crippen LogP contribution is 2.38. The SMILES string of the molecule is CNc1cccnc1S(=O)(=O)N(C)CC1CC1C. The Morgan fingerprint density at radius 2 is 2.22 bits per heavy atom. The van der Waals surface area contributed by atoms with Gasteiger partial charge in [-0.05, 0) is 30.4 Å². The lowest BCUT2D eigenvalue weighted by atomic mass is 10.3. The third kappa shape index (κ3) is 2.49. The van der Waals surface area contributed by atoms with E-state index in [2.05, 4.69) is 17.2 Å². The summed E-state index contributed by atoms with van der Waals surface area (Å²) in [5.41, 5.74) is 0.535. The van der Waals surface area contributed by atoms with Gasteiger partial charge in [-0.25, -0.2) is 13.4 Å². The lowest BCUT2D eigenvalue weighted by molar-refractivity contribution is 0.443. The van der Waals surface area contributed by atoms with Crippen molar-refractivity contribution in [1.82, 2.24) is 9.29 Å². The van der Waals surface area contributed by atoms with Crippen molar-refractivity contribution in [2.75, 3.05) is 26.0 Å². The van der Waals surface area contributed by atoms with E-state index >= 15 is 0 Å². The number of nitrogens with one attached hydrogen (secondary N) is 1. The summed E-state index contributed by atoms with van der Waals surface area (Å²) in [4.78, 5) is 4.00. The lowest BCUT2D eigenvalue weighted by Gasteiger charge is -2.18. The molecule has 1 N–H and O–H groups in total. The molecule has 6 heteroatoms. The normalized spacial score (nSPS) is 23.1. The molecule has 0 spiro atoms. The quantitative estimate of drug-likeness (QED) is 0.877. The molecule has 1 heterocycles. The third-order valence-corrected chi connectivity index (χ3v) is 5.25. The Hall–Kier alpha value is -1.14. The zero-order valence-electron chi connectivity index (χ0n) is 10.9. The molecule has 18 heavy (non-hydrogen) atoms. The van der Waals surface area contributed by atoms with Gasteiger partial charge in [-0.15, -0.1) is 0 Å². The number of aromatic nitrogens is 1. The second kappa shape index (κ2) is 4.85. The zero-order valence-corrected chi connectivity index (χ0v) is 11.7. The van der Waals surface area contributed by atoms with E-state index in [9.17, 15) is 8.42 Å². The summed E-state index contributed by atoms with van der Waals surface area (Å²) < 4.78 is 26.2. The van der Waals surface area contributed by atoms with E-state index in [1.165, 1.54) is 10.5 Å². The van der Waals surface area contributed by atoms with E-state index in [4.69, 9.17) is 0 Å². The van der Waals surface area contributed by atoms with Gasteiger partial charge in [0.25, 0.3) is 10.0 Å². The predicted molar refractivity (Wildman–Crippen MR) is 70.9 cm³/mol. The van der Waals surface area contributed by atoms with Crippen molar-refractivity contribution < 1.29 is 8.42 Å². The fraction of sp³-hybridized carbons (Fsp3) is 0.583. The van der Waals surface area contributed by atoms with Crippen LogP contribution in [-0.2, 0) is 10.0 Å². The van der Waals surface area contributed by atoms with Gasteiger partial charge in [-0.2, -0.15) is 4.31 Å². The Bertz CT molecular complexity index is 530. The van der Waals surface area contributed by atoms with Gasteiger partial charge in [0.2, 0.25) is 0 Å². The van der Waals surface area contributed by atoms with Crippen LogP contribution in [0.2, 0.25) is 0 Å². The highest BCUT2D eigenvalue weighted by molar-refractivity contribution is 7.89. The van der Waals surface area contributed by atoms with Crippen molar-refractivity contribution >= 4 is 15.7 Å². The first-order valence-electron chi connectivity index (χ1n) is 6.06.